The second kappa shape index (κ2) is 5.64. The Balaban J connectivity index is 2.04. The summed E-state index contributed by atoms with van der Waals surface area (Å²) in [4.78, 5) is 12.4. The summed E-state index contributed by atoms with van der Waals surface area (Å²) in [6.07, 6.45) is 1.10. The minimum atomic E-state index is 0.0602. The molecule has 0 saturated carbocycles. The summed E-state index contributed by atoms with van der Waals surface area (Å²) >= 11 is 1.49. The van der Waals surface area contributed by atoms with E-state index in [0.717, 1.165) is 15.8 Å². The van der Waals surface area contributed by atoms with Gasteiger partial charge in [-0.1, -0.05) is 25.2 Å². The summed E-state index contributed by atoms with van der Waals surface area (Å²) in [6.45, 7) is 8.03. The van der Waals surface area contributed by atoms with Crippen molar-refractivity contribution < 1.29 is 4.79 Å². The third-order valence-corrected chi connectivity index (χ3v) is 3.55. The number of nitrogens with zero attached hydrogens (tertiary/aromatic N) is 4. The minimum Gasteiger partial charge on any atom is -0.354 e. The number of amides is 1. The molecule has 0 aliphatic carbocycles. The Morgan fingerprint density at radius 1 is 1.32 bits per heavy atom. The van der Waals surface area contributed by atoms with E-state index in [2.05, 4.69) is 34.5 Å². The van der Waals surface area contributed by atoms with E-state index < -0.39 is 0 Å². The van der Waals surface area contributed by atoms with Crippen molar-refractivity contribution in [3.8, 4) is 0 Å². The zero-order valence-electron chi connectivity index (χ0n) is 11.7. The van der Waals surface area contributed by atoms with Crippen LogP contribution in [0.2, 0.25) is 0 Å². The maximum absolute atomic E-state index is 11.6. The normalized spacial score (nSPS) is 11.7. The summed E-state index contributed by atoms with van der Waals surface area (Å²) in [6, 6.07) is 0.179. The van der Waals surface area contributed by atoms with E-state index in [9.17, 15) is 4.79 Å². The number of aromatic nitrogens is 4. The van der Waals surface area contributed by atoms with Crippen molar-refractivity contribution in [1.29, 1.82) is 0 Å². The maximum Gasteiger partial charge on any atom is 0.234 e. The quantitative estimate of drug-likeness (QED) is 0.906. The van der Waals surface area contributed by atoms with Gasteiger partial charge < -0.3 is 5.32 Å². The highest BCUT2D eigenvalue weighted by Crippen LogP contribution is 2.19. The highest BCUT2D eigenvalue weighted by atomic mass is 32.1. The molecule has 2 aromatic rings. The molecule has 0 bridgehead atoms. The predicted molar refractivity (Wildman–Crippen MR) is 74.3 cm³/mol. The van der Waals surface area contributed by atoms with Crippen LogP contribution < -0.4 is 5.32 Å². The first-order valence-corrected chi connectivity index (χ1v) is 7.29. The number of hydrogen-bond donors (Lipinski definition) is 1. The molecule has 0 fully saturated rings. The topological polar surface area (TPSA) is 72.2 Å². The van der Waals surface area contributed by atoms with E-state index in [1.165, 1.54) is 11.3 Å². The van der Waals surface area contributed by atoms with Gasteiger partial charge in [0.15, 0.2) is 5.82 Å². The van der Waals surface area contributed by atoms with Gasteiger partial charge >= 0.3 is 0 Å². The molecule has 0 aromatic carbocycles. The van der Waals surface area contributed by atoms with Crippen LogP contribution in [0.1, 0.15) is 50.9 Å². The van der Waals surface area contributed by atoms with Gasteiger partial charge in [-0.15, -0.1) is 10.2 Å². The van der Waals surface area contributed by atoms with Gasteiger partial charge in [-0.2, -0.15) is 9.61 Å². The molecule has 1 N–H and O–H groups in total. The third kappa shape index (κ3) is 3.28. The molecule has 0 radical (unpaired) electrons. The number of nitrogens with one attached hydrogen (secondary N) is 1. The predicted octanol–water partition coefficient (Wildman–Crippen LogP) is 1.77. The van der Waals surface area contributed by atoms with Crippen LogP contribution in [0.15, 0.2) is 0 Å². The first-order chi connectivity index (χ1) is 8.97. The fraction of sp³-hybridized carbons (Fsp3) is 0.667. The van der Waals surface area contributed by atoms with Gasteiger partial charge in [0.25, 0.3) is 0 Å². The van der Waals surface area contributed by atoms with Crippen molar-refractivity contribution in [2.75, 3.05) is 0 Å². The summed E-state index contributed by atoms with van der Waals surface area (Å²) in [5.74, 6) is 1.21. The average Bonchev–Trinajstić information content (AvgIpc) is 2.83. The zero-order valence-corrected chi connectivity index (χ0v) is 12.5. The molecule has 0 atom stereocenters. The van der Waals surface area contributed by atoms with Crippen LogP contribution in [0.3, 0.4) is 0 Å². The van der Waals surface area contributed by atoms with Gasteiger partial charge in [-0.3, -0.25) is 4.79 Å². The van der Waals surface area contributed by atoms with Crippen molar-refractivity contribution in [3.05, 3.63) is 10.8 Å². The lowest BCUT2D eigenvalue weighted by Gasteiger charge is -2.06. The number of carbonyl (C=O) groups excluding carboxylic acids is 1. The molecule has 104 valence electrons. The molecule has 2 aromatic heterocycles. The SMILES string of the molecule is CC(C)NC(=O)CCc1nn2c(C(C)C)nnc2s1. The van der Waals surface area contributed by atoms with Crippen LogP contribution in [0.4, 0.5) is 0 Å². The van der Waals surface area contributed by atoms with Crippen LogP contribution in [0.5, 0.6) is 0 Å². The highest BCUT2D eigenvalue weighted by Gasteiger charge is 2.14. The van der Waals surface area contributed by atoms with Gasteiger partial charge in [0, 0.05) is 24.8 Å². The van der Waals surface area contributed by atoms with Crippen molar-refractivity contribution in [3.63, 3.8) is 0 Å². The van der Waals surface area contributed by atoms with Crippen LogP contribution in [0.25, 0.3) is 4.96 Å². The first kappa shape index (κ1) is 13.9. The van der Waals surface area contributed by atoms with E-state index in [1.54, 1.807) is 4.52 Å². The third-order valence-electron chi connectivity index (χ3n) is 2.59. The summed E-state index contributed by atoms with van der Waals surface area (Å²) < 4.78 is 1.78. The number of aryl methyl sites for hydroxylation is 1. The van der Waals surface area contributed by atoms with Crippen LogP contribution >= 0.6 is 11.3 Å². The van der Waals surface area contributed by atoms with E-state index in [1.807, 2.05) is 13.8 Å². The van der Waals surface area contributed by atoms with Crippen molar-refractivity contribution in [2.24, 2.45) is 0 Å². The molecule has 7 heteroatoms. The smallest absolute Gasteiger partial charge is 0.234 e. The van der Waals surface area contributed by atoms with Gasteiger partial charge in [0.1, 0.15) is 5.01 Å². The average molecular weight is 281 g/mol. The number of carbonyl (C=O) groups is 1. The van der Waals surface area contributed by atoms with E-state index in [-0.39, 0.29) is 17.9 Å². The lowest BCUT2D eigenvalue weighted by atomic mass is 10.2. The van der Waals surface area contributed by atoms with Crippen molar-refractivity contribution >= 4 is 22.2 Å². The molecule has 0 aliphatic heterocycles. The lowest BCUT2D eigenvalue weighted by molar-refractivity contribution is -0.121. The monoisotopic (exact) mass is 281 g/mol. The summed E-state index contributed by atoms with van der Waals surface area (Å²) in [5.41, 5.74) is 0. The molecule has 2 rings (SSSR count). The van der Waals surface area contributed by atoms with E-state index >= 15 is 0 Å². The van der Waals surface area contributed by atoms with Crippen LogP contribution in [-0.2, 0) is 11.2 Å². The second-order valence-electron chi connectivity index (χ2n) is 5.13. The molecule has 0 aliphatic rings. The zero-order chi connectivity index (χ0) is 14.0. The molecular weight excluding hydrogens is 262 g/mol. The molecule has 0 unspecified atom stereocenters. The minimum absolute atomic E-state index is 0.0602. The van der Waals surface area contributed by atoms with Crippen LogP contribution in [0, 0.1) is 0 Å². The Kier molecular flexibility index (Phi) is 4.14. The van der Waals surface area contributed by atoms with E-state index in [0.29, 0.717) is 12.8 Å². The Bertz CT molecular complexity index is 572. The van der Waals surface area contributed by atoms with E-state index in [4.69, 9.17) is 0 Å². The fourth-order valence-electron chi connectivity index (χ4n) is 1.75. The molecule has 0 saturated heterocycles. The molecule has 1 amide bonds. The van der Waals surface area contributed by atoms with Crippen molar-refractivity contribution in [1.82, 2.24) is 25.1 Å². The van der Waals surface area contributed by atoms with Crippen molar-refractivity contribution in [2.45, 2.75) is 52.5 Å². The Hall–Kier alpha value is -1.50. The molecule has 2 heterocycles. The van der Waals surface area contributed by atoms with Crippen LogP contribution in [-0.4, -0.2) is 31.8 Å². The molecule has 19 heavy (non-hydrogen) atoms. The molecule has 6 nitrogen and oxygen atoms in total. The largest absolute Gasteiger partial charge is 0.354 e. The summed E-state index contributed by atoms with van der Waals surface area (Å²) in [7, 11) is 0. The van der Waals surface area contributed by atoms with Gasteiger partial charge in [0.05, 0.1) is 0 Å². The van der Waals surface area contributed by atoms with Gasteiger partial charge in [0.2, 0.25) is 10.9 Å². The number of fused-ring (bicyclic) bond motifs is 1. The van der Waals surface area contributed by atoms with Gasteiger partial charge in [-0.05, 0) is 13.8 Å². The molecular formula is C12H19N5OS. The maximum atomic E-state index is 11.6. The second-order valence-corrected chi connectivity index (χ2v) is 6.17. The van der Waals surface area contributed by atoms with Gasteiger partial charge in [-0.25, -0.2) is 0 Å². The number of rotatable bonds is 5. The summed E-state index contributed by atoms with van der Waals surface area (Å²) in [5, 5.41) is 16.5. The molecule has 0 spiro atoms. The standard InChI is InChI=1S/C12H19N5OS/c1-7(2)11-14-15-12-17(11)16-10(19-12)6-5-9(18)13-8(3)4/h7-8H,5-6H2,1-4H3,(H,13,18). The Labute approximate surface area is 116 Å². The fourth-order valence-corrected chi connectivity index (χ4v) is 2.59. The Morgan fingerprint density at radius 2 is 2.05 bits per heavy atom. The highest BCUT2D eigenvalue weighted by molar-refractivity contribution is 7.16. The lowest BCUT2D eigenvalue weighted by Crippen LogP contribution is -2.30. The first-order valence-electron chi connectivity index (χ1n) is 6.47. The number of hydrogen-bond acceptors (Lipinski definition) is 5. The Morgan fingerprint density at radius 3 is 2.68 bits per heavy atom.